The number of nitrogens with one attached hydrogen (secondary N) is 2. The van der Waals surface area contributed by atoms with Gasteiger partial charge in [-0.05, 0) is 66.4 Å². The second kappa shape index (κ2) is 23.6. The van der Waals surface area contributed by atoms with E-state index in [4.69, 9.17) is 21.6 Å². The lowest BCUT2D eigenvalue weighted by Crippen LogP contribution is -2.44. The van der Waals surface area contributed by atoms with Crippen molar-refractivity contribution in [2.45, 2.75) is 72.4 Å². The van der Waals surface area contributed by atoms with Crippen molar-refractivity contribution < 1.29 is 60.5 Å². The van der Waals surface area contributed by atoms with E-state index in [0.29, 0.717) is 32.6 Å². The molecular weight excluding hydrogens is 1050 g/mol. The van der Waals surface area contributed by atoms with Gasteiger partial charge in [-0.2, -0.15) is 5.26 Å². The van der Waals surface area contributed by atoms with E-state index in [1.165, 1.54) is 80.0 Å². The lowest BCUT2D eigenvalue weighted by Gasteiger charge is -2.24. The molecule has 4 aromatic heterocycles. The van der Waals surface area contributed by atoms with Crippen LogP contribution in [-0.4, -0.2) is 96.0 Å². The minimum atomic E-state index is -3.91. The average molecular weight is 1100 g/mol. The maximum absolute atomic E-state index is 15.7. The smallest absolute Gasteiger partial charge is 0.347 e. The summed E-state index contributed by atoms with van der Waals surface area (Å²) >= 11 is 6.61. The van der Waals surface area contributed by atoms with Gasteiger partial charge in [0.1, 0.15) is 28.2 Å². The van der Waals surface area contributed by atoms with E-state index in [9.17, 15) is 56.5 Å². The summed E-state index contributed by atoms with van der Waals surface area (Å²) in [7, 11) is 0. The number of halogens is 7. The van der Waals surface area contributed by atoms with E-state index in [0.717, 1.165) is 4.57 Å². The number of rotatable bonds is 14. The van der Waals surface area contributed by atoms with Crippen LogP contribution in [0.15, 0.2) is 94.8 Å². The van der Waals surface area contributed by atoms with Gasteiger partial charge in [0, 0.05) is 43.8 Å². The van der Waals surface area contributed by atoms with Crippen molar-refractivity contribution in [2.24, 2.45) is 0 Å². The Bertz CT molecular complexity index is 3630. The van der Waals surface area contributed by atoms with Gasteiger partial charge in [-0.25, -0.2) is 31.1 Å². The van der Waals surface area contributed by atoms with Gasteiger partial charge >= 0.3 is 5.97 Å². The van der Waals surface area contributed by atoms with Crippen molar-refractivity contribution in [1.29, 1.82) is 5.26 Å². The third-order valence-electron chi connectivity index (χ3n) is 12.2. The molecule has 0 saturated heterocycles. The number of carbonyl (C=O) groups excluding carboxylic acids is 4. The molecule has 2 aliphatic heterocycles. The molecule has 408 valence electrons. The molecule has 24 heteroatoms. The highest BCUT2D eigenvalue weighted by Crippen LogP contribution is 2.38. The van der Waals surface area contributed by atoms with Crippen LogP contribution in [-0.2, 0) is 30.7 Å². The number of aromatic hydroxyl groups is 2. The number of aromatic nitrogens is 4. The number of unbranched alkanes of at least 4 members (excludes halogenated alkanes) is 1. The van der Waals surface area contributed by atoms with Crippen molar-refractivity contribution in [3.8, 4) is 17.6 Å². The summed E-state index contributed by atoms with van der Waals surface area (Å²) in [5.41, 5.74) is -3.02. The molecule has 0 fully saturated rings. The second-order valence-corrected chi connectivity index (χ2v) is 17.9. The van der Waals surface area contributed by atoms with E-state index >= 15 is 8.78 Å². The Kier molecular flexibility index (Phi) is 17.7. The number of ether oxygens (including phenoxy) is 1. The van der Waals surface area contributed by atoms with Gasteiger partial charge in [0.25, 0.3) is 40.7 Å². The van der Waals surface area contributed by atoms with Crippen LogP contribution in [0, 0.1) is 23.0 Å². The fourth-order valence-corrected chi connectivity index (χ4v) is 8.98. The molecule has 0 bridgehead atoms. The molecule has 0 radical (unpaired) electrons. The largest absolute Gasteiger partial charge is 0.505 e. The number of benzene rings is 3. The molecular formula is C54H49ClF6N8O9. The third kappa shape index (κ3) is 11.8. The monoisotopic (exact) mass is 1100 g/mol. The van der Waals surface area contributed by atoms with Crippen molar-refractivity contribution in [2.75, 3.05) is 31.6 Å². The number of alkyl halides is 4. The molecule has 4 N–H and O–H groups in total. The number of imide groups is 1. The van der Waals surface area contributed by atoms with E-state index in [2.05, 4.69) is 20.6 Å². The molecule has 3 amide bonds. The van der Waals surface area contributed by atoms with E-state index in [1.54, 1.807) is 12.1 Å². The zero-order chi connectivity index (χ0) is 54.8. The van der Waals surface area contributed by atoms with Crippen LogP contribution in [0.3, 0.4) is 0 Å². The quantitative estimate of drug-likeness (QED) is 0.0345. The van der Waals surface area contributed by atoms with Crippen LogP contribution in [0.2, 0.25) is 5.02 Å². The van der Waals surface area contributed by atoms with Crippen LogP contribution in [0.4, 0.5) is 32.0 Å². The standard InChI is InChI=1S/C29H21ClF3N3O6.C23H20F3N5O3.2CH4/c1-2-42-28(41)20-24(37)22-23(21(30)16(12-34-22)11-15-7-9-17(31)10-8-15)35(27(20)40)13-29(32,33)14-36-25(38)18-5-3-4-6-19(18)26(36)39;24-15-5-3-13(4-6-15)9-14-10-29-18-19-17(14)30-11-23(25,26)12-31(19)22(34)16(20(18)32)21(33)28-8-2-1-7-27;;/h3-10,12,37H,2,11,13-14H2,1H3;3-6,10,30,32H,1-2,8-9,11-12H2,(H,28,33);2*1H4. The summed E-state index contributed by atoms with van der Waals surface area (Å²) in [6, 6.07) is 18.6. The number of amides is 3. The predicted molar refractivity (Wildman–Crippen MR) is 276 cm³/mol. The number of nitrogens with zero attached hydrogens (tertiary/aromatic N) is 6. The lowest BCUT2D eigenvalue weighted by molar-refractivity contribution is -0.0359. The average Bonchev–Trinajstić information content (AvgIpc) is 3.56. The number of carbonyl (C=O) groups is 4. The van der Waals surface area contributed by atoms with Crippen molar-refractivity contribution >= 4 is 63.0 Å². The second-order valence-electron chi connectivity index (χ2n) is 17.5. The highest BCUT2D eigenvalue weighted by Gasteiger charge is 2.44. The lowest BCUT2D eigenvalue weighted by atomic mass is 10.0. The number of hydrogen-bond donors (Lipinski definition) is 4. The molecule has 78 heavy (non-hydrogen) atoms. The number of anilines is 1. The molecule has 6 heterocycles. The number of fused-ring (bicyclic) bond motifs is 2. The van der Waals surface area contributed by atoms with Crippen LogP contribution in [0.25, 0.3) is 22.1 Å². The van der Waals surface area contributed by atoms with Crippen molar-refractivity contribution in [3.05, 3.63) is 167 Å². The summed E-state index contributed by atoms with van der Waals surface area (Å²) < 4.78 is 93.2. The molecule has 0 atom stereocenters. The summed E-state index contributed by atoms with van der Waals surface area (Å²) in [5.74, 6) is -13.8. The minimum absolute atomic E-state index is 0. The van der Waals surface area contributed by atoms with Crippen LogP contribution < -0.4 is 21.8 Å². The zero-order valence-electron chi connectivity index (χ0n) is 39.7. The number of esters is 1. The molecule has 0 spiro atoms. The summed E-state index contributed by atoms with van der Waals surface area (Å²) in [6.45, 7) is -3.29. The Morgan fingerprint density at radius 1 is 0.821 bits per heavy atom. The van der Waals surface area contributed by atoms with E-state index in [1.807, 2.05) is 6.07 Å². The molecule has 9 rings (SSSR count). The maximum atomic E-state index is 15.7. The summed E-state index contributed by atoms with van der Waals surface area (Å²) in [5, 5.41) is 35.0. The Labute approximate surface area is 445 Å². The van der Waals surface area contributed by atoms with Gasteiger partial charge < -0.3 is 25.6 Å². The first-order chi connectivity index (χ1) is 36.1. The Morgan fingerprint density at radius 3 is 1.92 bits per heavy atom. The number of pyridine rings is 4. The molecule has 2 aliphatic rings. The first kappa shape index (κ1) is 58.5. The fraction of sp³-hybridized carbons (Fsp3) is 0.278. The van der Waals surface area contributed by atoms with Crippen molar-refractivity contribution in [3.63, 3.8) is 0 Å². The Morgan fingerprint density at radius 2 is 1.36 bits per heavy atom. The molecule has 17 nitrogen and oxygen atoms in total. The Balaban J connectivity index is 0.000000251. The Hall–Kier alpha value is -8.78. The first-order valence-corrected chi connectivity index (χ1v) is 23.5. The number of hydrogen-bond acceptors (Lipinski definition) is 13. The van der Waals surface area contributed by atoms with Gasteiger partial charge in [0.2, 0.25) is 0 Å². The van der Waals surface area contributed by atoms with Gasteiger partial charge in [-0.1, -0.05) is 62.9 Å². The third-order valence-corrected chi connectivity index (χ3v) is 12.6. The van der Waals surface area contributed by atoms with Gasteiger partial charge in [-0.15, -0.1) is 0 Å². The van der Waals surface area contributed by atoms with Gasteiger partial charge in [-0.3, -0.25) is 48.0 Å². The van der Waals surface area contributed by atoms with Crippen LogP contribution in [0.5, 0.6) is 11.5 Å². The van der Waals surface area contributed by atoms with Crippen molar-refractivity contribution in [1.82, 2.24) is 29.3 Å². The first-order valence-electron chi connectivity index (χ1n) is 23.1. The highest BCUT2D eigenvalue weighted by atomic mass is 35.5. The molecule has 0 saturated carbocycles. The topological polar surface area (TPSA) is 239 Å². The molecule has 0 unspecified atom stereocenters. The van der Waals surface area contributed by atoms with Crippen LogP contribution >= 0.6 is 11.6 Å². The van der Waals surface area contributed by atoms with Crippen LogP contribution in [0.1, 0.15) is 98.3 Å². The molecule has 0 aliphatic carbocycles. The minimum Gasteiger partial charge on any atom is -0.505 e. The highest BCUT2D eigenvalue weighted by molar-refractivity contribution is 6.36. The van der Waals surface area contributed by atoms with Gasteiger partial charge in [0.05, 0.1) is 71.7 Å². The zero-order valence-corrected chi connectivity index (χ0v) is 40.5. The molecule has 3 aromatic carbocycles. The summed E-state index contributed by atoms with van der Waals surface area (Å²) in [6.07, 6.45) is 3.35. The van der Waals surface area contributed by atoms with E-state index in [-0.39, 0.29) is 85.7 Å². The van der Waals surface area contributed by atoms with Gasteiger partial charge in [0.15, 0.2) is 17.1 Å². The number of nitriles is 1. The predicted octanol–water partition coefficient (Wildman–Crippen LogP) is 8.79. The summed E-state index contributed by atoms with van der Waals surface area (Å²) in [4.78, 5) is 86.0. The SMILES string of the molecule is C.C.CCOC(=O)c1c(O)c2ncc(Cc3ccc(F)cc3)c(Cl)c2n(CC(F)(F)CN2C(=O)c3ccccc3C2=O)c1=O.N#CCCCNC(=O)c1c(O)c2ncc(Cc3ccc(F)cc3)c3c2n(c1=O)CC(F)(F)CN3. The fourth-order valence-electron chi connectivity index (χ4n) is 8.67. The molecule has 7 aromatic rings. The normalized spacial score (nSPS) is 13.2. The maximum Gasteiger partial charge on any atom is 0.347 e. The van der Waals surface area contributed by atoms with E-state index < -0.39 is 118 Å².